The number of nitrogens with one attached hydrogen (secondary N) is 3. The number of carbonyl (C=O) groups is 4. The largest absolute Gasteiger partial charge is 0.480 e. The van der Waals surface area contributed by atoms with Gasteiger partial charge in [-0.25, -0.2) is 24.8 Å². The predicted octanol–water partition coefficient (Wildman–Crippen LogP) is 1.47. The zero-order valence-electron chi connectivity index (χ0n) is 17.1. The Labute approximate surface area is 174 Å². The van der Waals surface area contributed by atoms with E-state index in [2.05, 4.69) is 16.1 Å². The van der Waals surface area contributed by atoms with E-state index in [9.17, 15) is 24.3 Å². The molecule has 1 aliphatic heterocycles. The number of amides is 4. The minimum Gasteiger partial charge on any atom is -0.480 e. The summed E-state index contributed by atoms with van der Waals surface area (Å²) in [5, 5.41) is 15.5. The molecule has 0 bridgehead atoms. The molecular formula is C20H28N4O6. The van der Waals surface area contributed by atoms with E-state index in [0.29, 0.717) is 13.0 Å². The molecule has 1 aromatic rings. The number of hydrazine groups is 1. The van der Waals surface area contributed by atoms with E-state index < -0.39 is 30.1 Å². The van der Waals surface area contributed by atoms with Crippen LogP contribution in [0.25, 0.3) is 0 Å². The van der Waals surface area contributed by atoms with Crippen LogP contribution in [0.3, 0.4) is 0 Å². The van der Waals surface area contributed by atoms with Gasteiger partial charge in [0.15, 0.2) is 0 Å². The Morgan fingerprint density at radius 3 is 2.53 bits per heavy atom. The number of benzene rings is 1. The van der Waals surface area contributed by atoms with Crippen LogP contribution in [0.1, 0.15) is 32.3 Å². The van der Waals surface area contributed by atoms with E-state index in [0.717, 1.165) is 10.6 Å². The fraction of sp³-hybridized carbons (Fsp3) is 0.500. The molecule has 10 heteroatoms. The van der Waals surface area contributed by atoms with Gasteiger partial charge < -0.3 is 20.5 Å². The predicted molar refractivity (Wildman–Crippen MR) is 107 cm³/mol. The fourth-order valence-electron chi connectivity index (χ4n) is 3.01. The molecule has 0 unspecified atom stereocenters. The summed E-state index contributed by atoms with van der Waals surface area (Å²) in [6, 6.07) is 7.00. The molecule has 0 saturated carbocycles. The van der Waals surface area contributed by atoms with Crippen molar-refractivity contribution in [2.45, 2.75) is 39.3 Å². The summed E-state index contributed by atoms with van der Waals surface area (Å²) in [7, 11) is 0. The van der Waals surface area contributed by atoms with Gasteiger partial charge in [-0.15, -0.1) is 0 Å². The zero-order chi connectivity index (χ0) is 22.1. The summed E-state index contributed by atoms with van der Waals surface area (Å²) in [5.74, 6) is -1.96. The average molecular weight is 420 g/mol. The van der Waals surface area contributed by atoms with Crippen LogP contribution in [0.15, 0.2) is 30.3 Å². The minimum absolute atomic E-state index is 0.00550. The molecular weight excluding hydrogens is 392 g/mol. The fourth-order valence-corrected chi connectivity index (χ4v) is 3.01. The van der Waals surface area contributed by atoms with Crippen molar-refractivity contribution in [1.82, 2.24) is 21.1 Å². The van der Waals surface area contributed by atoms with Crippen molar-refractivity contribution in [1.29, 1.82) is 0 Å². The molecule has 0 aliphatic carbocycles. The van der Waals surface area contributed by atoms with Gasteiger partial charge in [-0.2, -0.15) is 0 Å². The maximum absolute atomic E-state index is 12.6. The molecule has 1 aromatic carbocycles. The number of carbonyl (C=O) groups excluding carboxylic acids is 3. The van der Waals surface area contributed by atoms with Crippen LogP contribution < -0.4 is 16.1 Å². The van der Waals surface area contributed by atoms with Crippen molar-refractivity contribution >= 4 is 24.0 Å². The van der Waals surface area contributed by atoms with Crippen molar-refractivity contribution in [2.24, 2.45) is 11.8 Å². The molecule has 1 heterocycles. The molecule has 4 amide bonds. The maximum Gasteiger partial charge on any atom is 0.426 e. The third kappa shape index (κ3) is 7.26. The van der Waals surface area contributed by atoms with E-state index in [4.69, 9.17) is 4.74 Å². The van der Waals surface area contributed by atoms with E-state index in [-0.39, 0.29) is 31.4 Å². The third-order valence-electron chi connectivity index (χ3n) is 4.51. The summed E-state index contributed by atoms with van der Waals surface area (Å²) in [4.78, 5) is 48.1. The van der Waals surface area contributed by atoms with Crippen molar-refractivity contribution in [3.8, 4) is 0 Å². The number of aliphatic carboxylic acids is 1. The highest BCUT2D eigenvalue weighted by Crippen LogP contribution is 2.16. The second-order valence-corrected chi connectivity index (χ2v) is 7.53. The van der Waals surface area contributed by atoms with E-state index in [1.807, 2.05) is 32.0 Å². The molecule has 1 fully saturated rings. The summed E-state index contributed by atoms with van der Waals surface area (Å²) < 4.78 is 5.12. The Kier molecular flexibility index (Phi) is 8.45. The lowest BCUT2D eigenvalue weighted by Gasteiger charge is -2.27. The second kappa shape index (κ2) is 11.0. The van der Waals surface area contributed by atoms with Crippen LogP contribution in [0.5, 0.6) is 0 Å². The molecule has 2 rings (SSSR count). The summed E-state index contributed by atoms with van der Waals surface area (Å²) in [6.07, 6.45) is -0.351. The molecule has 0 radical (unpaired) electrons. The lowest BCUT2D eigenvalue weighted by Crippen LogP contribution is -2.55. The highest BCUT2D eigenvalue weighted by Gasteiger charge is 2.32. The molecule has 164 valence electrons. The number of nitrogens with zero attached hydrogens (tertiary/aromatic N) is 1. The maximum atomic E-state index is 12.6. The molecule has 2 atom stereocenters. The quantitative estimate of drug-likeness (QED) is 0.470. The first-order chi connectivity index (χ1) is 14.3. The Morgan fingerprint density at radius 1 is 1.27 bits per heavy atom. The number of hydrogen-bond acceptors (Lipinski definition) is 5. The molecule has 0 aromatic heterocycles. The van der Waals surface area contributed by atoms with Crippen molar-refractivity contribution in [3.05, 3.63) is 35.9 Å². The lowest BCUT2D eigenvalue weighted by molar-refractivity contribution is -0.139. The first kappa shape index (κ1) is 23.0. The molecule has 0 spiro atoms. The Hall–Kier alpha value is -3.30. The highest BCUT2D eigenvalue weighted by molar-refractivity contribution is 5.85. The van der Waals surface area contributed by atoms with Crippen molar-refractivity contribution in [3.63, 3.8) is 0 Å². The second-order valence-electron chi connectivity index (χ2n) is 7.53. The van der Waals surface area contributed by atoms with Gasteiger partial charge in [0, 0.05) is 19.0 Å². The first-order valence-electron chi connectivity index (χ1n) is 9.82. The molecule has 4 N–H and O–H groups in total. The van der Waals surface area contributed by atoms with Crippen molar-refractivity contribution in [2.75, 3.05) is 13.1 Å². The van der Waals surface area contributed by atoms with Crippen LogP contribution >= 0.6 is 0 Å². The SMILES string of the molecule is CC(C)CN(NC(=O)OCc1ccccc1)C(=O)N[C@@H](C[C@@H]1CCNC1=O)C(=O)O. The highest BCUT2D eigenvalue weighted by atomic mass is 16.6. The summed E-state index contributed by atoms with van der Waals surface area (Å²) in [5.41, 5.74) is 3.14. The molecule has 10 nitrogen and oxygen atoms in total. The summed E-state index contributed by atoms with van der Waals surface area (Å²) in [6.45, 7) is 4.34. The number of ether oxygens (including phenoxy) is 1. The van der Waals surface area contributed by atoms with Gasteiger partial charge in [-0.05, 0) is 24.3 Å². The number of urea groups is 1. The van der Waals surface area contributed by atoms with Crippen LogP contribution in [-0.4, -0.2) is 53.2 Å². The van der Waals surface area contributed by atoms with Crippen LogP contribution in [0.4, 0.5) is 9.59 Å². The van der Waals surface area contributed by atoms with Crippen LogP contribution in [0, 0.1) is 11.8 Å². The average Bonchev–Trinajstić information content (AvgIpc) is 3.10. The Balaban J connectivity index is 1.95. The standard InChI is InChI=1S/C20H28N4O6/c1-13(2)11-24(23-20(29)30-12-14-6-4-3-5-7-14)19(28)22-16(18(26)27)10-15-8-9-21-17(15)25/h3-7,13,15-16H,8-12H2,1-2H3,(H,21,25)(H,22,28)(H,23,29)(H,26,27)/t15-,16-/m0/s1. The van der Waals surface area contributed by atoms with Gasteiger partial charge in [-0.1, -0.05) is 44.2 Å². The topological polar surface area (TPSA) is 137 Å². The third-order valence-corrected chi connectivity index (χ3v) is 4.51. The van der Waals surface area contributed by atoms with E-state index in [1.54, 1.807) is 12.1 Å². The Morgan fingerprint density at radius 2 is 1.97 bits per heavy atom. The minimum atomic E-state index is -1.26. The number of carboxylic acids is 1. The van der Waals surface area contributed by atoms with Gasteiger partial charge >= 0.3 is 18.1 Å². The van der Waals surface area contributed by atoms with Crippen LogP contribution in [-0.2, 0) is 20.9 Å². The molecule has 1 aliphatic rings. The first-order valence-corrected chi connectivity index (χ1v) is 9.82. The summed E-state index contributed by atoms with van der Waals surface area (Å²) >= 11 is 0. The number of carboxylic acid groups (broad SMARTS) is 1. The molecule has 30 heavy (non-hydrogen) atoms. The Bertz CT molecular complexity index is 755. The normalized spacial score (nSPS) is 16.5. The van der Waals surface area contributed by atoms with Crippen molar-refractivity contribution < 1.29 is 29.0 Å². The van der Waals surface area contributed by atoms with Gasteiger partial charge in [-0.3, -0.25) is 4.79 Å². The van der Waals surface area contributed by atoms with Crippen LogP contribution in [0.2, 0.25) is 0 Å². The molecule has 1 saturated heterocycles. The lowest BCUT2D eigenvalue weighted by atomic mass is 9.98. The van der Waals surface area contributed by atoms with Gasteiger partial charge in [0.2, 0.25) is 5.91 Å². The monoisotopic (exact) mass is 420 g/mol. The smallest absolute Gasteiger partial charge is 0.426 e. The van der Waals surface area contributed by atoms with Gasteiger partial charge in [0.1, 0.15) is 12.6 Å². The van der Waals surface area contributed by atoms with Gasteiger partial charge in [0.25, 0.3) is 0 Å². The van der Waals surface area contributed by atoms with E-state index >= 15 is 0 Å². The zero-order valence-corrected chi connectivity index (χ0v) is 17.1. The number of hydrogen-bond donors (Lipinski definition) is 4. The number of rotatable bonds is 8. The van der Waals surface area contributed by atoms with E-state index in [1.165, 1.54) is 0 Å². The van der Waals surface area contributed by atoms with Gasteiger partial charge in [0.05, 0.1) is 0 Å².